The molecule has 0 aliphatic rings. The van der Waals surface area contributed by atoms with Crippen LogP contribution in [-0.2, 0) is 10.3 Å². The van der Waals surface area contributed by atoms with Crippen molar-refractivity contribution in [2.24, 2.45) is 5.92 Å². The minimum Gasteiger partial charge on any atom is -0.335 e. The van der Waals surface area contributed by atoms with Crippen LogP contribution in [-0.4, -0.2) is 35.6 Å². The van der Waals surface area contributed by atoms with Gasteiger partial charge >= 0.3 is 0 Å². The van der Waals surface area contributed by atoms with E-state index in [1.54, 1.807) is 24.7 Å². The number of aromatic amines is 1. The molecule has 278 valence electrons. The van der Waals surface area contributed by atoms with E-state index in [1.165, 1.54) is 12.1 Å². The third-order valence-corrected chi connectivity index (χ3v) is 10.3. The van der Waals surface area contributed by atoms with Crippen molar-refractivity contribution in [1.82, 2.24) is 29.7 Å². The van der Waals surface area contributed by atoms with Crippen molar-refractivity contribution in [3.8, 4) is 33.8 Å². The van der Waals surface area contributed by atoms with Crippen molar-refractivity contribution in [3.63, 3.8) is 0 Å². The zero-order valence-corrected chi connectivity index (χ0v) is 31.4. The molecular formula is C48H38FN7O. The first kappa shape index (κ1) is 35.4. The minimum atomic E-state index is -0.916. The maximum Gasteiger partial charge on any atom is 0.224 e. The van der Waals surface area contributed by atoms with Crippen molar-refractivity contribution in [1.29, 1.82) is 0 Å². The third-order valence-electron chi connectivity index (χ3n) is 10.3. The number of hydrogen-bond acceptors (Lipinski definition) is 5. The number of carbonyl (C=O) groups is 1. The van der Waals surface area contributed by atoms with Gasteiger partial charge in [-0.05, 0) is 70.1 Å². The monoisotopic (exact) mass is 747 g/mol. The van der Waals surface area contributed by atoms with Crippen LogP contribution in [0.1, 0.15) is 37.0 Å². The number of anilines is 1. The summed E-state index contributed by atoms with van der Waals surface area (Å²) in [5, 5.41) is 9.40. The van der Waals surface area contributed by atoms with Crippen LogP contribution in [0.2, 0.25) is 0 Å². The number of benzene rings is 5. The molecule has 0 radical (unpaired) electrons. The van der Waals surface area contributed by atoms with Crippen molar-refractivity contribution in [2.75, 3.05) is 5.32 Å². The van der Waals surface area contributed by atoms with Gasteiger partial charge in [-0.1, -0.05) is 123 Å². The highest BCUT2D eigenvalue weighted by Gasteiger charge is 2.41. The summed E-state index contributed by atoms with van der Waals surface area (Å²) in [4.78, 5) is 30.4. The van der Waals surface area contributed by atoms with E-state index in [1.807, 2.05) is 50.2 Å². The fraction of sp³-hybridized carbons (Fsp3) is 0.104. The lowest BCUT2D eigenvalue weighted by Gasteiger charge is -2.37. The highest BCUT2D eigenvalue weighted by atomic mass is 19.1. The summed E-state index contributed by atoms with van der Waals surface area (Å²) in [6.45, 7) is 4.04. The van der Waals surface area contributed by atoms with Gasteiger partial charge in [-0.3, -0.25) is 9.78 Å². The van der Waals surface area contributed by atoms with E-state index in [9.17, 15) is 9.18 Å². The summed E-state index contributed by atoms with van der Waals surface area (Å²) in [6, 6.07) is 47.8. The predicted octanol–water partition coefficient (Wildman–Crippen LogP) is 10.7. The van der Waals surface area contributed by atoms with Crippen LogP contribution in [0.5, 0.6) is 0 Å². The summed E-state index contributed by atoms with van der Waals surface area (Å²) in [7, 11) is 0. The number of halogens is 1. The first-order valence-electron chi connectivity index (χ1n) is 18.9. The van der Waals surface area contributed by atoms with Crippen LogP contribution >= 0.6 is 0 Å². The van der Waals surface area contributed by atoms with Crippen molar-refractivity contribution < 1.29 is 9.18 Å². The van der Waals surface area contributed by atoms with Gasteiger partial charge in [0.15, 0.2) is 11.5 Å². The summed E-state index contributed by atoms with van der Waals surface area (Å²) < 4.78 is 16.6. The van der Waals surface area contributed by atoms with Crippen LogP contribution in [0.25, 0.3) is 55.8 Å². The summed E-state index contributed by atoms with van der Waals surface area (Å²) in [5.41, 5.74) is 8.61. The van der Waals surface area contributed by atoms with Crippen LogP contribution < -0.4 is 5.32 Å². The Hall–Kier alpha value is -7.26. The molecule has 9 rings (SSSR count). The average molecular weight is 748 g/mol. The molecule has 0 fully saturated rings. The van der Waals surface area contributed by atoms with Crippen molar-refractivity contribution >= 4 is 33.7 Å². The van der Waals surface area contributed by atoms with Gasteiger partial charge in [0.05, 0.1) is 22.9 Å². The Morgan fingerprint density at radius 1 is 0.754 bits per heavy atom. The number of fused-ring (bicyclic) bond motifs is 2. The summed E-state index contributed by atoms with van der Waals surface area (Å²) in [5.74, 6) is 0.356. The summed E-state index contributed by atoms with van der Waals surface area (Å²) in [6.07, 6.45) is 5.56. The Kier molecular flexibility index (Phi) is 9.18. The Morgan fingerprint density at radius 2 is 1.44 bits per heavy atom. The minimum absolute atomic E-state index is 0.0573. The Bertz CT molecular complexity index is 2770. The lowest BCUT2D eigenvalue weighted by molar-refractivity contribution is -0.116. The SMILES string of the molecule is CC(C)CC(=O)Nc1cncc(-c2ccc3c(c2)c(-c2nc4nccc(-c5cccc(F)c5)c4[nH]2)nn3C(c2ccccc2)(c2ccccc2)c2ccccc2)c1. The second-order valence-electron chi connectivity index (χ2n) is 14.6. The van der Waals surface area contributed by atoms with Gasteiger partial charge in [-0.25, -0.2) is 19.0 Å². The maximum atomic E-state index is 14.5. The zero-order valence-electron chi connectivity index (χ0n) is 31.4. The van der Waals surface area contributed by atoms with Gasteiger partial charge in [0.2, 0.25) is 5.91 Å². The van der Waals surface area contributed by atoms with E-state index >= 15 is 0 Å². The molecule has 1 amide bonds. The molecule has 2 N–H and O–H groups in total. The second kappa shape index (κ2) is 14.8. The number of carbonyl (C=O) groups excluding carboxylic acids is 1. The van der Waals surface area contributed by atoms with Crippen LogP contribution in [0.15, 0.2) is 164 Å². The van der Waals surface area contributed by atoms with E-state index in [0.717, 1.165) is 44.3 Å². The molecule has 0 unspecified atom stereocenters. The zero-order chi connectivity index (χ0) is 38.9. The van der Waals surface area contributed by atoms with E-state index in [0.29, 0.717) is 40.4 Å². The van der Waals surface area contributed by atoms with Gasteiger partial charge in [0.1, 0.15) is 17.1 Å². The topological polar surface area (TPSA) is 101 Å². The standard InChI is InChI=1S/C48H38FN7O/c1-31(2)25-43(57)52-39-27-34(29-50-30-39)32-21-22-42-41(28-32)45(47-53-44-40(23-24-51-46(44)54-47)33-13-12-20-38(49)26-33)55-56(42)48(35-14-6-3-7-15-35,36-16-8-4-9-17-36)37-18-10-5-11-19-37/h3-24,26-31H,25H2,1-2H3,(H,52,57)(H,51,53,54). The molecule has 4 aromatic heterocycles. The predicted molar refractivity (Wildman–Crippen MR) is 224 cm³/mol. The number of pyridine rings is 2. The highest BCUT2D eigenvalue weighted by Crippen LogP contribution is 2.44. The largest absolute Gasteiger partial charge is 0.335 e. The average Bonchev–Trinajstić information content (AvgIpc) is 3.84. The van der Waals surface area contributed by atoms with Crippen LogP contribution in [0.4, 0.5) is 10.1 Å². The number of aromatic nitrogens is 6. The van der Waals surface area contributed by atoms with Crippen molar-refractivity contribution in [3.05, 3.63) is 187 Å². The molecule has 57 heavy (non-hydrogen) atoms. The van der Waals surface area contributed by atoms with Gasteiger partial charge < -0.3 is 10.3 Å². The summed E-state index contributed by atoms with van der Waals surface area (Å²) >= 11 is 0. The molecule has 9 heteroatoms. The molecule has 8 nitrogen and oxygen atoms in total. The molecule has 0 spiro atoms. The number of rotatable bonds is 10. The van der Waals surface area contributed by atoms with Gasteiger partial charge in [0, 0.05) is 35.3 Å². The van der Waals surface area contributed by atoms with Crippen LogP contribution in [0, 0.1) is 11.7 Å². The molecule has 0 saturated carbocycles. The quantitative estimate of drug-likeness (QED) is 0.136. The lowest BCUT2D eigenvalue weighted by atomic mass is 9.77. The number of nitrogens with zero attached hydrogens (tertiary/aromatic N) is 5. The maximum absolute atomic E-state index is 14.5. The molecule has 0 saturated heterocycles. The second-order valence-corrected chi connectivity index (χ2v) is 14.6. The van der Waals surface area contributed by atoms with Crippen molar-refractivity contribution in [2.45, 2.75) is 25.8 Å². The molecule has 9 aromatic rings. The third kappa shape index (κ3) is 6.53. The molecule has 0 bridgehead atoms. The number of imidazole rings is 1. The van der Waals surface area contributed by atoms with Gasteiger partial charge in [-0.2, -0.15) is 5.10 Å². The van der Waals surface area contributed by atoms with E-state index in [-0.39, 0.29) is 17.6 Å². The molecule has 0 aliphatic heterocycles. The normalized spacial score (nSPS) is 11.7. The van der Waals surface area contributed by atoms with Gasteiger partial charge in [-0.15, -0.1) is 0 Å². The van der Waals surface area contributed by atoms with Crippen LogP contribution in [0.3, 0.4) is 0 Å². The Morgan fingerprint density at radius 3 is 2.09 bits per heavy atom. The molecular weight excluding hydrogens is 710 g/mol. The Balaban J connectivity index is 1.32. The van der Waals surface area contributed by atoms with E-state index in [4.69, 9.17) is 10.1 Å². The molecule has 4 heterocycles. The fourth-order valence-corrected chi connectivity index (χ4v) is 7.80. The number of amides is 1. The molecule has 0 atom stereocenters. The molecule has 5 aromatic carbocycles. The van der Waals surface area contributed by atoms with Gasteiger partial charge in [0.25, 0.3) is 0 Å². The number of H-pyrrole nitrogens is 1. The number of hydrogen-bond donors (Lipinski definition) is 2. The molecule has 0 aliphatic carbocycles. The Labute approximate surface area is 329 Å². The number of nitrogens with one attached hydrogen (secondary N) is 2. The lowest BCUT2D eigenvalue weighted by Crippen LogP contribution is -2.38. The van der Waals surface area contributed by atoms with E-state index < -0.39 is 5.54 Å². The highest BCUT2D eigenvalue weighted by molar-refractivity contribution is 5.98. The first-order valence-corrected chi connectivity index (χ1v) is 18.9. The fourth-order valence-electron chi connectivity index (χ4n) is 7.80. The smallest absolute Gasteiger partial charge is 0.224 e. The first-order chi connectivity index (χ1) is 27.9. The van der Waals surface area contributed by atoms with E-state index in [2.05, 4.69) is 116 Å².